The smallest absolute Gasteiger partial charge is 0.137 e. The van der Waals surface area contributed by atoms with Gasteiger partial charge in [0.05, 0.1) is 14.2 Å². The van der Waals surface area contributed by atoms with E-state index in [1.54, 1.807) is 14.2 Å². The second kappa shape index (κ2) is 6.64. The maximum atomic E-state index is 6.27. The molecular weight excluding hydrogens is 318 g/mol. The summed E-state index contributed by atoms with van der Waals surface area (Å²) in [5, 5.41) is 0. The first kappa shape index (κ1) is 15.6. The van der Waals surface area contributed by atoms with Crippen LogP contribution in [0.5, 0.6) is 11.5 Å². The normalized spacial score (nSPS) is 16.4. The molecule has 0 aromatic heterocycles. The summed E-state index contributed by atoms with van der Waals surface area (Å²) < 4.78 is 11.5. The Morgan fingerprint density at radius 1 is 1.22 bits per heavy atom. The third kappa shape index (κ3) is 2.92. The lowest BCUT2D eigenvalue weighted by molar-refractivity contribution is 0.263. The molecule has 0 heterocycles. The van der Waals surface area contributed by atoms with E-state index in [0.717, 1.165) is 21.5 Å². The highest BCUT2D eigenvalue weighted by molar-refractivity contribution is 9.10. The highest BCUT2D eigenvalue weighted by Gasteiger charge is 2.26. The largest absolute Gasteiger partial charge is 0.495 e. The van der Waals surface area contributed by atoms with Crippen LogP contribution in [-0.2, 0) is 0 Å². The fraction of sp³-hybridized carbons (Fsp3) is 0.538. The SMILES string of the molecule is COc1cc([C@H](N)C2CCC2)cc(OC)c1Br.Cl. The Balaban J connectivity index is 0.00000162. The van der Waals surface area contributed by atoms with Gasteiger partial charge in [-0.15, -0.1) is 12.4 Å². The molecule has 2 N–H and O–H groups in total. The second-order valence-electron chi connectivity index (χ2n) is 4.46. The number of benzene rings is 1. The third-order valence-corrected chi connectivity index (χ3v) is 4.29. The molecule has 0 radical (unpaired) electrons. The molecule has 2 rings (SSSR count). The van der Waals surface area contributed by atoms with Gasteiger partial charge in [-0.3, -0.25) is 0 Å². The number of ether oxygens (including phenoxy) is 2. The van der Waals surface area contributed by atoms with Gasteiger partial charge in [0.25, 0.3) is 0 Å². The van der Waals surface area contributed by atoms with Crippen LogP contribution in [0.2, 0.25) is 0 Å². The zero-order valence-corrected chi connectivity index (χ0v) is 13.0. The topological polar surface area (TPSA) is 44.5 Å². The maximum Gasteiger partial charge on any atom is 0.137 e. The van der Waals surface area contributed by atoms with Crippen LogP contribution in [0.15, 0.2) is 16.6 Å². The Hall–Kier alpha value is -0.450. The van der Waals surface area contributed by atoms with E-state index in [2.05, 4.69) is 15.9 Å². The van der Waals surface area contributed by atoms with Crippen molar-refractivity contribution in [2.45, 2.75) is 25.3 Å². The van der Waals surface area contributed by atoms with E-state index in [0.29, 0.717) is 5.92 Å². The average molecular weight is 337 g/mol. The number of hydrogen-bond acceptors (Lipinski definition) is 3. The first-order valence-electron chi connectivity index (χ1n) is 5.84. The van der Waals surface area contributed by atoms with Crippen molar-refractivity contribution in [3.63, 3.8) is 0 Å². The van der Waals surface area contributed by atoms with Crippen molar-refractivity contribution < 1.29 is 9.47 Å². The van der Waals surface area contributed by atoms with Crippen molar-refractivity contribution in [1.82, 2.24) is 0 Å². The van der Waals surface area contributed by atoms with Crippen LogP contribution in [0, 0.1) is 5.92 Å². The van der Waals surface area contributed by atoms with Crippen LogP contribution in [0.25, 0.3) is 0 Å². The van der Waals surface area contributed by atoms with Gasteiger partial charge >= 0.3 is 0 Å². The quantitative estimate of drug-likeness (QED) is 0.912. The van der Waals surface area contributed by atoms with E-state index < -0.39 is 0 Å². The molecule has 18 heavy (non-hydrogen) atoms. The second-order valence-corrected chi connectivity index (χ2v) is 5.25. The van der Waals surface area contributed by atoms with Crippen LogP contribution < -0.4 is 15.2 Å². The lowest BCUT2D eigenvalue weighted by Gasteiger charge is -2.31. The van der Waals surface area contributed by atoms with Gasteiger partial charge in [-0.05, 0) is 52.4 Å². The predicted octanol–water partition coefficient (Wildman–Crippen LogP) is 3.69. The van der Waals surface area contributed by atoms with Crippen molar-refractivity contribution in [2.75, 3.05) is 14.2 Å². The van der Waals surface area contributed by atoms with Gasteiger partial charge in [0.1, 0.15) is 16.0 Å². The lowest BCUT2D eigenvalue weighted by atomic mass is 9.77. The summed E-state index contributed by atoms with van der Waals surface area (Å²) in [5.74, 6) is 2.15. The van der Waals surface area contributed by atoms with Gasteiger partial charge < -0.3 is 15.2 Å². The Labute approximate surface area is 123 Å². The Bertz CT molecular complexity index is 385. The Kier molecular flexibility index (Phi) is 5.76. The molecule has 0 bridgehead atoms. The fourth-order valence-electron chi connectivity index (χ4n) is 2.15. The summed E-state index contributed by atoms with van der Waals surface area (Å²) in [5.41, 5.74) is 7.36. The standard InChI is InChI=1S/C13H18BrNO2.ClH/c1-16-10-6-9(7-11(17-2)12(10)14)13(15)8-4-3-5-8;/h6-8,13H,3-5,15H2,1-2H3;1H/t13-;/m1./s1. The number of nitrogens with two attached hydrogens (primary N) is 1. The molecule has 1 aromatic rings. The molecular formula is C13H19BrClNO2. The average Bonchev–Trinajstić information content (AvgIpc) is 2.27. The zero-order valence-electron chi connectivity index (χ0n) is 10.6. The monoisotopic (exact) mass is 335 g/mol. The molecule has 1 fully saturated rings. The van der Waals surface area contributed by atoms with Crippen molar-refractivity contribution in [3.8, 4) is 11.5 Å². The van der Waals surface area contributed by atoms with Gasteiger partial charge in [-0.2, -0.15) is 0 Å². The van der Waals surface area contributed by atoms with Gasteiger partial charge in [-0.25, -0.2) is 0 Å². The van der Waals surface area contributed by atoms with Crippen molar-refractivity contribution in [3.05, 3.63) is 22.2 Å². The van der Waals surface area contributed by atoms with Gasteiger partial charge in [-0.1, -0.05) is 6.42 Å². The Morgan fingerprint density at radius 2 is 1.72 bits per heavy atom. The molecule has 102 valence electrons. The molecule has 0 aliphatic heterocycles. The van der Waals surface area contributed by atoms with Gasteiger partial charge in [0.2, 0.25) is 0 Å². The van der Waals surface area contributed by atoms with E-state index in [9.17, 15) is 0 Å². The molecule has 1 aliphatic rings. The summed E-state index contributed by atoms with van der Waals surface area (Å²) in [6, 6.07) is 4.07. The third-order valence-electron chi connectivity index (χ3n) is 3.51. The number of rotatable bonds is 4. The first-order valence-corrected chi connectivity index (χ1v) is 6.63. The minimum absolute atomic E-state index is 0. The molecule has 0 saturated heterocycles. The highest BCUT2D eigenvalue weighted by Crippen LogP contribution is 2.41. The van der Waals surface area contributed by atoms with E-state index in [4.69, 9.17) is 15.2 Å². The molecule has 3 nitrogen and oxygen atoms in total. The highest BCUT2D eigenvalue weighted by atomic mass is 79.9. The van der Waals surface area contributed by atoms with Crippen LogP contribution in [0.4, 0.5) is 0 Å². The van der Waals surface area contributed by atoms with Crippen LogP contribution in [0.3, 0.4) is 0 Å². The summed E-state index contributed by atoms with van der Waals surface area (Å²) in [6.45, 7) is 0. The van der Waals surface area contributed by atoms with Crippen LogP contribution >= 0.6 is 28.3 Å². The summed E-state index contributed by atoms with van der Waals surface area (Å²) in [6.07, 6.45) is 3.74. The van der Waals surface area contributed by atoms with Crippen LogP contribution in [0.1, 0.15) is 30.9 Å². The molecule has 1 atom stereocenters. The molecule has 1 aliphatic carbocycles. The number of methoxy groups -OCH3 is 2. The summed E-state index contributed by atoms with van der Waals surface area (Å²) in [7, 11) is 3.30. The van der Waals surface area contributed by atoms with E-state index in [1.807, 2.05) is 12.1 Å². The van der Waals surface area contributed by atoms with Crippen LogP contribution in [-0.4, -0.2) is 14.2 Å². The molecule has 0 unspecified atom stereocenters. The molecule has 0 amide bonds. The maximum absolute atomic E-state index is 6.27. The summed E-state index contributed by atoms with van der Waals surface area (Å²) in [4.78, 5) is 0. The minimum atomic E-state index is 0. The summed E-state index contributed by atoms with van der Waals surface area (Å²) >= 11 is 3.46. The predicted molar refractivity (Wildman–Crippen MR) is 78.8 cm³/mol. The van der Waals surface area contributed by atoms with Crippen molar-refractivity contribution >= 4 is 28.3 Å². The number of halogens is 2. The van der Waals surface area contributed by atoms with E-state index in [-0.39, 0.29) is 18.4 Å². The van der Waals surface area contributed by atoms with Gasteiger partial charge in [0.15, 0.2) is 0 Å². The first-order chi connectivity index (χ1) is 8.17. The molecule has 0 spiro atoms. The fourth-order valence-corrected chi connectivity index (χ4v) is 2.71. The number of hydrogen-bond donors (Lipinski definition) is 1. The van der Waals surface area contributed by atoms with Crippen molar-refractivity contribution in [1.29, 1.82) is 0 Å². The zero-order chi connectivity index (χ0) is 12.4. The van der Waals surface area contributed by atoms with Gasteiger partial charge in [0, 0.05) is 6.04 Å². The molecule has 5 heteroatoms. The molecule has 1 saturated carbocycles. The Morgan fingerprint density at radius 3 is 2.06 bits per heavy atom. The lowest BCUT2D eigenvalue weighted by Crippen LogP contribution is -2.26. The minimum Gasteiger partial charge on any atom is -0.495 e. The van der Waals surface area contributed by atoms with E-state index >= 15 is 0 Å². The van der Waals surface area contributed by atoms with Crippen molar-refractivity contribution in [2.24, 2.45) is 11.7 Å². The molecule has 1 aromatic carbocycles. The van der Waals surface area contributed by atoms with E-state index in [1.165, 1.54) is 19.3 Å².